The van der Waals surface area contributed by atoms with Crippen molar-refractivity contribution in [3.05, 3.63) is 0 Å². The lowest BCUT2D eigenvalue weighted by molar-refractivity contribution is 0.628. The van der Waals surface area contributed by atoms with Crippen molar-refractivity contribution in [1.82, 2.24) is 0 Å². The van der Waals surface area contributed by atoms with Crippen LogP contribution in [0.2, 0.25) is 0 Å². The maximum absolute atomic E-state index is 2.29. The zero-order valence-electron chi connectivity index (χ0n) is 8.32. The molecule has 0 aliphatic rings. The van der Waals surface area contributed by atoms with Crippen LogP contribution < -0.4 is 0 Å². The first-order chi connectivity index (χ1) is 4.62. The second-order valence-electron chi connectivity index (χ2n) is 2.71. The monoisotopic (exact) mass is 162 g/mol. The Bertz CT molecular complexity index is 57.7. The highest BCUT2D eigenvalue weighted by Gasteiger charge is 2.12. The average Bonchev–Trinajstić information content (AvgIpc) is 1.93. The van der Waals surface area contributed by atoms with E-state index in [4.69, 9.17) is 0 Å². The van der Waals surface area contributed by atoms with Crippen LogP contribution in [0.3, 0.4) is 0 Å². The number of rotatable bonds is 3. The van der Waals surface area contributed by atoms with Gasteiger partial charge in [0.2, 0.25) is 0 Å². The van der Waals surface area contributed by atoms with Gasteiger partial charge in [-0.2, -0.15) is 11.8 Å². The van der Waals surface area contributed by atoms with E-state index in [0.717, 1.165) is 0 Å². The summed E-state index contributed by atoms with van der Waals surface area (Å²) in [5.41, 5.74) is 0. The third kappa shape index (κ3) is 8.35. The summed E-state index contributed by atoms with van der Waals surface area (Å²) in [4.78, 5) is 0. The zero-order chi connectivity index (χ0) is 8.62. The minimum atomic E-state index is 0.509. The van der Waals surface area contributed by atoms with Crippen LogP contribution in [0.15, 0.2) is 0 Å². The van der Waals surface area contributed by atoms with Crippen LogP contribution in [-0.4, -0.2) is 11.0 Å². The second-order valence-corrected chi connectivity index (χ2v) is 4.23. The summed E-state index contributed by atoms with van der Waals surface area (Å²) in [7, 11) is 0. The molecule has 0 amide bonds. The largest absolute Gasteiger partial charge is 0.159 e. The Morgan fingerprint density at radius 3 is 1.70 bits per heavy atom. The molecule has 0 spiro atoms. The molecule has 0 heterocycles. The molecule has 0 unspecified atom stereocenters. The van der Waals surface area contributed by atoms with Gasteiger partial charge in [-0.15, -0.1) is 0 Å². The van der Waals surface area contributed by atoms with Crippen molar-refractivity contribution < 1.29 is 0 Å². The molecule has 0 bridgehead atoms. The first-order valence-corrected chi connectivity index (χ1v) is 5.40. The van der Waals surface area contributed by atoms with Gasteiger partial charge in [-0.05, 0) is 12.7 Å². The summed E-state index contributed by atoms with van der Waals surface area (Å²) >= 11 is 1.95. The van der Waals surface area contributed by atoms with E-state index in [1.54, 1.807) is 0 Å². The van der Waals surface area contributed by atoms with Crippen LogP contribution >= 0.6 is 11.8 Å². The Morgan fingerprint density at radius 1 is 1.20 bits per heavy atom. The zero-order valence-corrected chi connectivity index (χ0v) is 9.14. The van der Waals surface area contributed by atoms with Crippen LogP contribution in [0.1, 0.15) is 47.5 Å². The molecule has 0 saturated heterocycles. The van der Waals surface area contributed by atoms with Gasteiger partial charge in [-0.1, -0.05) is 41.0 Å². The molecule has 0 aromatic rings. The molecule has 0 aliphatic carbocycles. The number of hydrogen-bond donors (Lipinski definition) is 0. The molecule has 0 N–H and O–H groups in total. The van der Waals surface area contributed by atoms with E-state index in [1.165, 1.54) is 12.8 Å². The summed E-state index contributed by atoms with van der Waals surface area (Å²) in [5, 5.41) is 0. The molecule has 0 rings (SSSR count). The van der Waals surface area contributed by atoms with Crippen LogP contribution in [0, 0.1) is 0 Å². The standard InChI is InChI=1S/C7H16S.C2H6/c1-5-6-7(2,3)8-4;1-2/h5-6H2,1-4H3;1-2H3. The van der Waals surface area contributed by atoms with Crippen molar-refractivity contribution in [2.24, 2.45) is 0 Å². The molecule has 64 valence electrons. The van der Waals surface area contributed by atoms with Gasteiger partial charge in [-0.3, -0.25) is 0 Å². The maximum Gasteiger partial charge on any atom is 0.0100 e. The normalized spacial score (nSPS) is 10.2. The Balaban J connectivity index is 0. The van der Waals surface area contributed by atoms with Crippen molar-refractivity contribution in [1.29, 1.82) is 0 Å². The molecular weight excluding hydrogens is 140 g/mol. The maximum atomic E-state index is 2.29. The summed E-state index contributed by atoms with van der Waals surface area (Å²) in [6.07, 6.45) is 4.80. The van der Waals surface area contributed by atoms with Crippen molar-refractivity contribution in [3.8, 4) is 0 Å². The van der Waals surface area contributed by atoms with E-state index < -0.39 is 0 Å². The Morgan fingerprint density at radius 2 is 1.60 bits per heavy atom. The summed E-state index contributed by atoms with van der Waals surface area (Å²) in [6, 6.07) is 0. The van der Waals surface area contributed by atoms with Crippen LogP contribution in [0.5, 0.6) is 0 Å². The Labute approximate surface area is 70.8 Å². The summed E-state index contributed by atoms with van der Waals surface area (Å²) in [6.45, 7) is 10.8. The van der Waals surface area contributed by atoms with Gasteiger partial charge in [0.25, 0.3) is 0 Å². The molecule has 0 nitrogen and oxygen atoms in total. The van der Waals surface area contributed by atoms with Crippen molar-refractivity contribution in [2.75, 3.05) is 6.26 Å². The average molecular weight is 162 g/mol. The van der Waals surface area contributed by atoms with Gasteiger partial charge in [0.05, 0.1) is 0 Å². The van der Waals surface area contributed by atoms with E-state index in [9.17, 15) is 0 Å². The third-order valence-corrected chi connectivity index (χ3v) is 2.71. The van der Waals surface area contributed by atoms with Crippen LogP contribution in [-0.2, 0) is 0 Å². The lowest BCUT2D eigenvalue weighted by Gasteiger charge is -2.20. The van der Waals surface area contributed by atoms with Gasteiger partial charge in [0.1, 0.15) is 0 Å². The van der Waals surface area contributed by atoms with Crippen molar-refractivity contribution >= 4 is 11.8 Å². The smallest absolute Gasteiger partial charge is 0.0100 e. The lowest BCUT2D eigenvalue weighted by Crippen LogP contribution is -2.12. The quantitative estimate of drug-likeness (QED) is 0.605. The molecule has 0 fully saturated rings. The Kier molecular flexibility index (Phi) is 9.68. The van der Waals surface area contributed by atoms with E-state index in [-0.39, 0.29) is 0 Å². The molecule has 10 heavy (non-hydrogen) atoms. The van der Waals surface area contributed by atoms with Crippen LogP contribution in [0.25, 0.3) is 0 Å². The highest BCUT2D eigenvalue weighted by atomic mass is 32.2. The predicted octanol–water partition coefficient (Wildman–Crippen LogP) is 3.95. The topological polar surface area (TPSA) is 0 Å². The van der Waals surface area contributed by atoms with Gasteiger partial charge >= 0.3 is 0 Å². The second kappa shape index (κ2) is 7.46. The van der Waals surface area contributed by atoms with Gasteiger partial charge in [0.15, 0.2) is 0 Å². The van der Waals surface area contributed by atoms with E-state index in [2.05, 4.69) is 27.0 Å². The van der Waals surface area contributed by atoms with E-state index in [0.29, 0.717) is 4.75 Å². The van der Waals surface area contributed by atoms with Gasteiger partial charge in [0, 0.05) is 4.75 Å². The molecule has 0 aromatic heterocycles. The molecule has 0 aliphatic heterocycles. The Hall–Kier alpha value is 0.350. The molecular formula is C9H22S. The molecule has 0 saturated carbocycles. The number of thioether (sulfide) groups is 1. The van der Waals surface area contributed by atoms with Crippen molar-refractivity contribution in [3.63, 3.8) is 0 Å². The molecule has 1 heteroatoms. The summed E-state index contributed by atoms with van der Waals surface area (Å²) < 4.78 is 0.509. The first kappa shape index (κ1) is 13.0. The minimum absolute atomic E-state index is 0.509. The lowest BCUT2D eigenvalue weighted by atomic mass is 10.1. The van der Waals surface area contributed by atoms with E-state index in [1.807, 2.05) is 25.6 Å². The highest BCUT2D eigenvalue weighted by Crippen LogP contribution is 2.25. The van der Waals surface area contributed by atoms with E-state index >= 15 is 0 Å². The fourth-order valence-corrected chi connectivity index (χ4v) is 1.11. The van der Waals surface area contributed by atoms with Gasteiger partial charge < -0.3 is 0 Å². The van der Waals surface area contributed by atoms with Crippen molar-refractivity contribution in [2.45, 2.75) is 52.2 Å². The summed E-state index contributed by atoms with van der Waals surface area (Å²) in [5.74, 6) is 0. The fourth-order valence-electron chi connectivity index (χ4n) is 0.704. The molecule has 0 radical (unpaired) electrons. The first-order valence-electron chi connectivity index (χ1n) is 4.17. The molecule has 0 atom stereocenters. The predicted molar refractivity (Wildman–Crippen MR) is 53.9 cm³/mol. The van der Waals surface area contributed by atoms with Crippen LogP contribution in [0.4, 0.5) is 0 Å². The fraction of sp³-hybridized carbons (Fsp3) is 1.00. The third-order valence-electron chi connectivity index (χ3n) is 1.40. The number of hydrogen-bond acceptors (Lipinski definition) is 1. The highest BCUT2D eigenvalue weighted by molar-refractivity contribution is 7.99. The SMILES string of the molecule is CC.CCCC(C)(C)SC. The molecule has 0 aromatic carbocycles. The van der Waals surface area contributed by atoms with Gasteiger partial charge in [-0.25, -0.2) is 0 Å². The minimum Gasteiger partial charge on any atom is -0.159 e.